The van der Waals surface area contributed by atoms with Gasteiger partial charge in [-0.1, -0.05) is 18.5 Å². The highest BCUT2D eigenvalue weighted by molar-refractivity contribution is 6.31. The molecule has 0 fully saturated rings. The van der Waals surface area contributed by atoms with Gasteiger partial charge in [-0.3, -0.25) is 4.40 Å². The van der Waals surface area contributed by atoms with Crippen LogP contribution in [-0.2, 0) is 19.1 Å². The molecule has 0 aliphatic heterocycles. The zero-order valence-corrected chi connectivity index (χ0v) is 16.1. The lowest BCUT2D eigenvalue weighted by Crippen LogP contribution is -2.09. The summed E-state index contributed by atoms with van der Waals surface area (Å²) in [6.07, 6.45) is 0.0710. The Hall–Kier alpha value is -3.01. The highest BCUT2D eigenvalue weighted by Crippen LogP contribution is 2.30. The maximum absolute atomic E-state index is 14.4. The van der Waals surface area contributed by atoms with E-state index in [1.807, 2.05) is 6.92 Å². The number of imidazole rings is 2. The molecule has 0 aliphatic rings. The minimum absolute atomic E-state index is 0.0663. The molecule has 0 bridgehead atoms. The molecule has 0 radical (unpaired) electrons. The highest BCUT2D eigenvalue weighted by Gasteiger charge is 2.33. The van der Waals surface area contributed by atoms with E-state index in [1.165, 1.54) is 27.6 Å². The molecule has 0 spiro atoms. The highest BCUT2D eigenvalue weighted by atomic mass is 35.5. The molecule has 4 rings (SSSR count). The van der Waals surface area contributed by atoms with Crippen molar-refractivity contribution in [3.8, 4) is 11.4 Å². The summed E-state index contributed by atoms with van der Waals surface area (Å²) in [4.78, 5) is 11.9. The Balaban J connectivity index is 1.79. The largest absolute Gasteiger partial charge is 0.433 e. The second-order valence-electron chi connectivity index (χ2n) is 6.47. The minimum atomic E-state index is -4.59. The molecule has 156 valence electrons. The maximum atomic E-state index is 14.4. The first-order valence-electron chi connectivity index (χ1n) is 8.79. The molecule has 0 unspecified atom stereocenters. The van der Waals surface area contributed by atoms with Gasteiger partial charge in [-0.05, 0) is 24.6 Å². The molecule has 3 heterocycles. The Morgan fingerprint density at radius 2 is 1.87 bits per heavy atom. The van der Waals surface area contributed by atoms with E-state index in [0.29, 0.717) is 17.8 Å². The van der Waals surface area contributed by atoms with Gasteiger partial charge in [0, 0.05) is 24.3 Å². The van der Waals surface area contributed by atoms with Gasteiger partial charge in [0.2, 0.25) is 5.78 Å². The SMILES string of the molecule is CCc1c(Cn2ccnc2-c2cc(F)cc(Cl)c2F)nc2nc(C(F)(F)F)ccn12. The molecule has 30 heavy (non-hydrogen) atoms. The Labute approximate surface area is 171 Å². The second kappa shape index (κ2) is 7.35. The second-order valence-corrected chi connectivity index (χ2v) is 6.87. The fourth-order valence-electron chi connectivity index (χ4n) is 3.24. The molecular formula is C19H13ClF5N5. The molecule has 0 atom stereocenters. The Bertz CT molecular complexity index is 1240. The third-order valence-electron chi connectivity index (χ3n) is 4.57. The van der Waals surface area contributed by atoms with Crippen LogP contribution < -0.4 is 0 Å². The normalized spacial score (nSPS) is 12.1. The summed E-state index contributed by atoms with van der Waals surface area (Å²) < 4.78 is 70.1. The molecule has 0 saturated heterocycles. The van der Waals surface area contributed by atoms with E-state index in [2.05, 4.69) is 15.0 Å². The lowest BCUT2D eigenvalue weighted by atomic mass is 10.2. The lowest BCUT2D eigenvalue weighted by molar-refractivity contribution is -0.141. The van der Waals surface area contributed by atoms with E-state index in [4.69, 9.17) is 11.6 Å². The number of halogens is 6. The molecule has 1 aromatic carbocycles. The van der Waals surface area contributed by atoms with Gasteiger partial charge in [-0.25, -0.2) is 23.7 Å². The lowest BCUT2D eigenvalue weighted by Gasteiger charge is -2.10. The van der Waals surface area contributed by atoms with Crippen molar-refractivity contribution in [3.05, 3.63) is 70.5 Å². The van der Waals surface area contributed by atoms with Crippen molar-refractivity contribution in [1.82, 2.24) is 23.9 Å². The molecule has 0 aliphatic carbocycles. The summed E-state index contributed by atoms with van der Waals surface area (Å²) >= 11 is 5.73. The monoisotopic (exact) mass is 441 g/mol. The molecule has 11 heteroatoms. The third-order valence-corrected chi connectivity index (χ3v) is 4.85. The summed E-state index contributed by atoms with van der Waals surface area (Å²) in [6, 6.07) is 2.71. The molecule has 4 aromatic rings. The Morgan fingerprint density at radius 1 is 1.10 bits per heavy atom. The number of benzene rings is 1. The van der Waals surface area contributed by atoms with Crippen LogP contribution in [0.5, 0.6) is 0 Å². The van der Waals surface area contributed by atoms with Crippen molar-refractivity contribution in [2.45, 2.75) is 26.1 Å². The topological polar surface area (TPSA) is 48.0 Å². The number of hydrogen-bond acceptors (Lipinski definition) is 3. The summed E-state index contributed by atoms with van der Waals surface area (Å²) in [6.45, 7) is 1.89. The van der Waals surface area contributed by atoms with Gasteiger partial charge >= 0.3 is 6.18 Å². The molecular weight excluding hydrogens is 429 g/mol. The van der Waals surface area contributed by atoms with Crippen LogP contribution in [-0.4, -0.2) is 23.9 Å². The number of nitrogens with zero attached hydrogens (tertiary/aromatic N) is 5. The van der Waals surface area contributed by atoms with Crippen LogP contribution >= 0.6 is 11.6 Å². The molecule has 3 aromatic heterocycles. The zero-order valence-electron chi connectivity index (χ0n) is 15.4. The molecule has 5 nitrogen and oxygen atoms in total. The van der Waals surface area contributed by atoms with Gasteiger partial charge in [0.05, 0.1) is 22.8 Å². The van der Waals surface area contributed by atoms with Crippen LogP contribution in [0.4, 0.5) is 22.0 Å². The number of alkyl halides is 3. The van der Waals surface area contributed by atoms with Crippen LogP contribution in [0.3, 0.4) is 0 Å². The van der Waals surface area contributed by atoms with Gasteiger partial charge in [0.25, 0.3) is 0 Å². The first-order valence-corrected chi connectivity index (χ1v) is 9.17. The van der Waals surface area contributed by atoms with E-state index >= 15 is 0 Å². The number of aryl methyl sites for hydroxylation is 1. The van der Waals surface area contributed by atoms with E-state index in [0.717, 1.165) is 18.2 Å². The number of rotatable bonds is 4. The predicted molar refractivity (Wildman–Crippen MR) is 99.1 cm³/mol. The number of hydrogen-bond donors (Lipinski definition) is 0. The minimum Gasteiger partial charge on any atom is -0.325 e. The van der Waals surface area contributed by atoms with Crippen molar-refractivity contribution in [3.63, 3.8) is 0 Å². The summed E-state index contributed by atoms with van der Waals surface area (Å²) in [5.41, 5.74) is -0.103. The van der Waals surface area contributed by atoms with Crippen LogP contribution in [0.1, 0.15) is 24.0 Å². The van der Waals surface area contributed by atoms with Crippen LogP contribution in [0.25, 0.3) is 17.2 Å². The van der Waals surface area contributed by atoms with Crippen molar-refractivity contribution < 1.29 is 22.0 Å². The molecule has 0 amide bonds. The summed E-state index contributed by atoms with van der Waals surface area (Å²) in [5, 5.41) is -0.384. The van der Waals surface area contributed by atoms with E-state index < -0.39 is 23.5 Å². The average molecular weight is 442 g/mol. The predicted octanol–water partition coefficient (Wildman–Crippen LogP) is 5.15. The van der Waals surface area contributed by atoms with Gasteiger partial charge in [0.1, 0.15) is 17.3 Å². The first-order chi connectivity index (χ1) is 14.2. The van der Waals surface area contributed by atoms with Crippen molar-refractivity contribution in [2.24, 2.45) is 0 Å². The Kier molecular flexibility index (Phi) is 4.97. The average Bonchev–Trinajstić information content (AvgIpc) is 3.27. The number of fused-ring (bicyclic) bond motifs is 1. The van der Waals surface area contributed by atoms with Crippen molar-refractivity contribution >= 4 is 17.4 Å². The fraction of sp³-hybridized carbons (Fsp3) is 0.211. The van der Waals surface area contributed by atoms with Crippen molar-refractivity contribution in [2.75, 3.05) is 0 Å². The van der Waals surface area contributed by atoms with Crippen molar-refractivity contribution in [1.29, 1.82) is 0 Å². The fourth-order valence-corrected chi connectivity index (χ4v) is 3.45. The quantitative estimate of drug-likeness (QED) is 0.325. The van der Waals surface area contributed by atoms with Crippen LogP contribution in [0.15, 0.2) is 36.8 Å². The maximum Gasteiger partial charge on any atom is 0.433 e. The van der Waals surface area contributed by atoms with Gasteiger partial charge < -0.3 is 4.57 Å². The van der Waals surface area contributed by atoms with Crippen LogP contribution in [0.2, 0.25) is 5.02 Å². The van der Waals surface area contributed by atoms with E-state index in [-0.39, 0.29) is 28.7 Å². The van der Waals surface area contributed by atoms with Gasteiger partial charge in [-0.2, -0.15) is 13.2 Å². The smallest absolute Gasteiger partial charge is 0.325 e. The zero-order chi connectivity index (χ0) is 21.6. The van der Waals surface area contributed by atoms with E-state index in [1.54, 1.807) is 0 Å². The standard InChI is InChI=1S/C19H13ClF5N5/c1-2-14-13(27-18-28-15(19(23,24)25)3-5-30(14)18)9-29-6-4-26-17(29)11-7-10(21)8-12(20)16(11)22/h3-8H,2,9H2,1H3. The van der Waals surface area contributed by atoms with Gasteiger partial charge in [-0.15, -0.1) is 0 Å². The van der Waals surface area contributed by atoms with E-state index in [9.17, 15) is 22.0 Å². The first kappa shape index (κ1) is 20.3. The summed E-state index contributed by atoms with van der Waals surface area (Å²) in [5.74, 6) is -1.54. The molecule has 0 saturated carbocycles. The Morgan fingerprint density at radius 3 is 2.57 bits per heavy atom. The number of aromatic nitrogens is 5. The van der Waals surface area contributed by atoms with Gasteiger partial charge in [0.15, 0.2) is 5.82 Å². The third kappa shape index (κ3) is 3.51. The van der Waals surface area contributed by atoms with Crippen LogP contribution in [0, 0.1) is 11.6 Å². The molecule has 0 N–H and O–H groups in total. The summed E-state index contributed by atoms with van der Waals surface area (Å²) in [7, 11) is 0.